The molecule has 0 aliphatic heterocycles. The van der Waals surface area contributed by atoms with E-state index in [-0.39, 0.29) is 22.0 Å². The molecule has 128 valence electrons. The van der Waals surface area contributed by atoms with E-state index < -0.39 is 16.0 Å². The minimum Gasteiger partial charge on any atom is -0.495 e. The fourth-order valence-corrected chi connectivity index (χ4v) is 3.73. The van der Waals surface area contributed by atoms with Crippen molar-refractivity contribution >= 4 is 27.6 Å². The molecule has 0 amide bonds. The van der Waals surface area contributed by atoms with Crippen molar-refractivity contribution in [3.05, 3.63) is 58.1 Å². The summed E-state index contributed by atoms with van der Waals surface area (Å²) in [6.07, 6.45) is 0. The molecule has 0 unspecified atom stereocenters. The lowest BCUT2D eigenvalue weighted by Gasteiger charge is -2.12. The number of benzene rings is 2. The minimum atomic E-state index is -3.81. The van der Waals surface area contributed by atoms with Gasteiger partial charge in [0.1, 0.15) is 5.75 Å². The zero-order valence-corrected chi connectivity index (χ0v) is 14.6. The van der Waals surface area contributed by atoms with E-state index in [9.17, 15) is 13.2 Å². The summed E-state index contributed by atoms with van der Waals surface area (Å²) in [7, 11) is -2.36. The largest absolute Gasteiger partial charge is 0.495 e. The summed E-state index contributed by atoms with van der Waals surface area (Å²) >= 11 is 6.00. The van der Waals surface area contributed by atoms with Gasteiger partial charge in [0.15, 0.2) is 0 Å². The smallest absolute Gasteiger partial charge is 0.335 e. The predicted molar refractivity (Wildman–Crippen MR) is 90.2 cm³/mol. The van der Waals surface area contributed by atoms with E-state index in [1.165, 1.54) is 25.3 Å². The highest BCUT2D eigenvalue weighted by Gasteiger charge is 2.19. The van der Waals surface area contributed by atoms with Crippen LogP contribution in [0, 0.1) is 6.92 Å². The molecule has 0 saturated heterocycles. The zero-order valence-electron chi connectivity index (χ0n) is 13.0. The number of hydrogen-bond donors (Lipinski definition) is 2. The van der Waals surface area contributed by atoms with E-state index in [4.69, 9.17) is 21.4 Å². The molecule has 0 heterocycles. The lowest BCUT2D eigenvalue weighted by molar-refractivity contribution is 0.0696. The summed E-state index contributed by atoms with van der Waals surface area (Å²) in [5, 5.41) is 9.16. The quantitative estimate of drug-likeness (QED) is 0.816. The number of carboxylic acid groups (broad SMARTS) is 1. The number of carboxylic acids is 1. The molecule has 0 aliphatic rings. The van der Waals surface area contributed by atoms with E-state index in [2.05, 4.69) is 4.72 Å². The van der Waals surface area contributed by atoms with Crippen LogP contribution in [0.1, 0.15) is 21.5 Å². The number of carbonyl (C=O) groups is 1. The summed E-state index contributed by atoms with van der Waals surface area (Å²) in [6, 6.07) is 8.92. The van der Waals surface area contributed by atoms with Crippen LogP contribution < -0.4 is 9.46 Å². The molecule has 0 aromatic heterocycles. The Balaban J connectivity index is 2.25. The number of aryl methyl sites for hydroxylation is 1. The number of rotatable bonds is 6. The Bertz CT molecular complexity index is 880. The zero-order chi connectivity index (χ0) is 17.9. The number of ether oxygens (including phenoxy) is 1. The molecular weight excluding hydrogens is 354 g/mol. The van der Waals surface area contributed by atoms with Crippen molar-refractivity contribution in [1.29, 1.82) is 0 Å². The second-order valence-corrected chi connectivity index (χ2v) is 7.22. The maximum absolute atomic E-state index is 12.5. The van der Waals surface area contributed by atoms with Crippen LogP contribution in [0.25, 0.3) is 0 Å². The molecule has 2 aromatic carbocycles. The third-order valence-electron chi connectivity index (χ3n) is 3.38. The van der Waals surface area contributed by atoms with Gasteiger partial charge >= 0.3 is 5.97 Å². The highest BCUT2D eigenvalue weighted by atomic mass is 35.5. The molecule has 6 nitrogen and oxygen atoms in total. The standard InChI is InChI=1S/C16H16ClNO5S/c1-10-6-14(23-2)13(17)8-15(10)24(21,22)18-9-11-4-3-5-12(7-11)16(19)20/h3-8,18H,9H2,1-2H3,(H,19,20). The average Bonchev–Trinajstić information content (AvgIpc) is 2.55. The van der Waals surface area contributed by atoms with Crippen molar-refractivity contribution in [1.82, 2.24) is 4.72 Å². The van der Waals surface area contributed by atoms with Crippen molar-refractivity contribution in [2.24, 2.45) is 0 Å². The summed E-state index contributed by atoms with van der Waals surface area (Å²) in [6.45, 7) is 1.60. The first-order chi connectivity index (χ1) is 11.2. The predicted octanol–water partition coefficient (Wildman–Crippen LogP) is 2.83. The molecule has 2 rings (SSSR count). The number of methoxy groups -OCH3 is 1. The van der Waals surface area contributed by atoms with Crippen LogP contribution in [-0.2, 0) is 16.6 Å². The van der Waals surface area contributed by atoms with Crippen molar-refractivity contribution in [3.63, 3.8) is 0 Å². The molecular formula is C16H16ClNO5S. The van der Waals surface area contributed by atoms with Crippen LogP contribution in [0.4, 0.5) is 0 Å². The Morgan fingerprint density at radius 1 is 1.29 bits per heavy atom. The Hall–Kier alpha value is -2.09. The number of nitrogens with one attached hydrogen (secondary N) is 1. The van der Waals surface area contributed by atoms with Crippen LogP contribution in [0.5, 0.6) is 5.75 Å². The maximum Gasteiger partial charge on any atom is 0.335 e. The van der Waals surface area contributed by atoms with Gasteiger partial charge in [0.2, 0.25) is 10.0 Å². The molecule has 0 aliphatic carbocycles. The summed E-state index contributed by atoms with van der Waals surface area (Å²) in [4.78, 5) is 11.0. The lowest BCUT2D eigenvalue weighted by Crippen LogP contribution is -2.24. The van der Waals surface area contributed by atoms with Gasteiger partial charge < -0.3 is 9.84 Å². The van der Waals surface area contributed by atoms with Gasteiger partial charge in [0.05, 0.1) is 22.6 Å². The van der Waals surface area contributed by atoms with Gasteiger partial charge in [-0.25, -0.2) is 17.9 Å². The Kier molecular flexibility index (Phi) is 5.48. The monoisotopic (exact) mass is 369 g/mol. The molecule has 0 bridgehead atoms. The topological polar surface area (TPSA) is 92.7 Å². The van der Waals surface area contributed by atoms with Crippen molar-refractivity contribution in [2.45, 2.75) is 18.4 Å². The van der Waals surface area contributed by atoms with Gasteiger partial charge in [-0.2, -0.15) is 0 Å². The molecule has 24 heavy (non-hydrogen) atoms. The number of aromatic carboxylic acids is 1. The van der Waals surface area contributed by atoms with Gasteiger partial charge in [-0.15, -0.1) is 0 Å². The van der Waals surface area contributed by atoms with Crippen LogP contribution >= 0.6 is 11.6 Å². The SMILES string of the molecule is COc1cc(C)c(S(=O)(=O)NCc2cccc(C(=O)O)c2)cc1Cl. The first kappa shape index (κ1) is 18.3. The fourth-order valence-electron chi connectivity index (χ4n) is 2.15. The summed E-state index contributed by atoms with van der Waals surface area (Å²) in [5.41, 5.74) is 1.12. The van der Waals surface area contributed by atoms with Gasteiger partial charge in [-0.3, -0.25) is 0 Å². The van der Waals surface area contributed by atoms with Gasteiger partial charge in [0, 0.05) is 6.54 Å². The molecule has 0 atom stereocenters. The van der Waals surface area contributed by atoms with E-state index >= 15 is 0 Å². The van der Waals surface area contributed by atoms with Gasteiger partial charge in [0.25, 0.3) is 0 Å². The second kappa shape index (κ2) is 7.21. The Morgan fingerprint density at radius 3 is 2.62 bits per heavy atom. The highest BCUT2D eigenvalue weighted by molar-refractivity contribution is 7.89. The van der Waals surface area contributed by atoms with Crippen LogP contribution in [0.15, 0.2) is 41.3 Å². The lowest BCUT2D eigenvalue weighted by atomic mass is 10.1. The first-order valence-corrected chi connectivity index (χ1v) is 8.76. The highest BCUT2D eigenvalue weighted by Crippen LogP contribution is 2.30. The maximum atomic E-state index is 12.5. The van der Waals surface area contributed by atoms with Crippen molar-refractivity contribution in [3.8, 4) is 5.75 Å². The van der Waals surface area contributed by atoms with E-state index in [1.54, 1.807) is 25.1 Å². The van der Waals surface area contributed by atoms with Crippen LogP contribution in [-0.4, -0.2) is 26.6 Å². The van der Waals surface area contributed by atoms with E-state index in [0.29, 0.717) is 16.9 Å². The van der Waals surface area contributed by atoms with Gasteiger partial charge in [-0.05, 0) is 42.3 Å². The number of halogens is 1. The Labute approximate surface area is 145 Å². The fraction of sp³-hybridized carbons (Fsp3) is 0.188. The van der Waals surface area contributed by atoms with Crippen molar-refractivity contribution < 1.29 is 23.1 Å². The summed E-state index contributed by atoms with van der Waals surface area (Å²) < 4.78 is 32.4. The van der Waals surface area contributed by atoms with Gasteiger partial charge in [-0.1, -0.05) is 23.7 Å². The molecule has 2 aromatic rings. The second-order valence-electron chi connectivity index (χ2n) is 5.08. The first-order valence-electron chi connectivity index (χ1n) is 6.90. The molecule has 0 radical (unpaired) electrons. The average molecular weight is 370 g/mol. The number of hydrogen-bond acceptors (Lipinski definition) is 4. The third-order valence-corrected chi connectivity index (χ3v) is 5.22. The van der Waals surface area contributed by atoms with E-state index in [0.717, 1.165) is 0 Å². The minimum absolute atomic E-state index is 0.0352. The summed E-state index contributed by atoms with van der Waals surface area (Å²) in [5.74, 6) is -0.681. The molecule has 0 fully saturated rings. The van der Waals surface area contributed by atoms with E-state index in [1.807, 2.05) is 0 Å². The number of sulfonamides is 1. The molecule has 0 saturated carbocycles. The Morgan fingerprint density at radius 2 is 2.00 bits per heavy atom. The molecule has 0 spiro atoms. The van der Waals surface area contributed by atoms with Crippen molar-refractivity contribution in [2.75, 3.05) is 7.11 Å². The molecule has 2 N–H and O–H groups in total. The normalized spacial score (nSPS) is 11.3. The van der Waals surface area contributed by atoms with Crippen LogP contribution in [0.3, 0.4) is 0 Å². The van der Waals surface area contributed by atoms with Crippen LogP contribution in [0.2, 0.25) is 5.02 Å². The third kappa shape index (κ3) is 4.05. The molecule has 8 heteroatoms.